The van der Waals surface area contributed by atoms with Crippen LogP contribution in [-0.2, 0) is 5.60 Å². The van der Waals surface area contributed by atoms with Gasteiger partial charge in [-0.05, 0) is 56.9 Å². The summed E-state index contributed by atoms with van der Waals surface area (Å²) in [6.45, 7) is 3.42. The summed E-state index contributed by atoms with van der Waals surface area (Å²) in [7, 11) is 0. The fourth-order valence-electron chi connectivity index (χ4n) is 3.51. The van der Waals surface area contributed by atoms with Crippen molar-refractivity contribution in [2.75, 3.05) is 19.6 Å². The van der Waals surface area contributed by atoms with E-state index in [1.807, 2.05) is 54.6 Å². The van der Waals surface area contributed by atoms with Gasteiger partial charge >= 0.3 is 0 Å². The highest BCUT2D eigenvalue weighted by Gasteiger charge is 2.33. The first-order valence-corrected chi connectivity index (χ1v) is 8.83. The van der Waals surface area contributed by atoms with E-state index < -0.39 is 5.60 Å². The minimum Gasteiger partial charge on any atom is -0.380 e. The number of halogens is 1. The molecular weight excluding hydrogens is 306 g/mol. The number of hydrogen-bond donors (Lipinski definition) is 1. The smallest absolute Gasteiger partial charge is 0.116 e. The van der Waals surface area contributed by atoms with Gasteiger partial charge in [-0.2, -0.15) is 0 Å². The summed E-state index contributed by atoms with van der Waals surface area (Å²) in [6, 6.07) is 17.5. The molecule has 1 heterocycles. The quantitative estimate of drug-likeness (QED) is 0.846. The van der Waals surface area contributed by atoms with E-state index in [9.17, 15) is 5.11 Å². The van der Waals surface area contributed by atoms with Gasteiger partial charge in [-0.15, -0.1) is 0 Å². The van der Waals surface area contributed by atoms with Crippen molar-refractivity contribution in [2.24, 2.45) is 0 Å². The van der Waals surface area contributed by atoms with Crippen LogP contribution < -0.4 is 0 Å². The molecule has 3 rings (SSSR count). The number of aliphatic hydroxyl groups is 1. The van der Waals surface area contributed by atoms with Gasteiger partial charge in [0, 0.05) is 10.6 Å². The van der Waals surface area contributed by atoms with E-state index in [-0.39, 0.29) is 0 Å². The molecule has 0 aromatic heterocycles. The second kappa shape index (κ2) is 7.48. The Bertz CT molecular complexity index is 625. The van der Waals surface area contributed by atoms with Crippen molar-refractivity contribution in [1.82, 2.24) is 4.90 Å². The van der Waals surface area contributed by atoms with Gasteiger partial charge in [0.1, 0.15) is 5.60 Å². The van der Waals surface area contributed by atoms with Crippen LogP contribution in [-0.4, -0.2) is 29.6 Å². The van der Waals surface area contributed by atoms with Gasteiger partial charge in [0.25, 0.3) is 0 Å². The lowest BCUT2D eigenvalue weighted by Crippen LogP contribution is -2.30. The summed E-state index contributed by atoms with van der Waals surface area (Å²) < 4.78 is 0. The van der Waals surface area contributed by atoms with Crippen molar-refractivity contribution >= 4 is 11.6 Å². The molecule has 0 radical (unpaired) electrons. The van der Waals surface area contributed by atoms with Gasteiger partial charge in [0.2, 0.25) is 0 Å². The van der Waals surface area contributed by atoms with Crippen LogP contribution in [0.25, 0.3) is 0 Å². The van der Waals surface area contributed by atoms with Crippen LogP contribution in [0.4, 0.5) is 0 Å². The number of rotatable bonds is 6. The molecule has 122 valence electrons. The fraction of sp³-hybridized carbons (Fsp3) is 0.400. The molecule has 3 heteroatoms. The zero-order valence-corrected chi connectivity index (χ0v) is 14.2. The average Bonchev–Trinajstić information content (AvgIpc) is 3.09. The molecule has 1 N–H and O–H groups in total. The number of likely N-dealkylation sites (tertiary alicyclic amines) is 1. The zero-order valence-electron chi connectivity index (χ0n) is 13.4. The molecular formula is C20H24ClNO. The first-order chi connectivity index (χ1) is 11.2. The lowest BCUT2D eigenvalue weighted by Gasteiger charge is -2.31. The van der Waals surface area contributed by atoms with Gasteiger partial charge < -0.3 is 10.0 Å². The van der Waals surface area contributed by atoms with Gasteiger partial charge in [-0.25, -0.2) is 0 Å². The van der Waals surface area contributed by atoms with Gasteiger partial charge in [0.05, 0.1) is 0 Å². The van der Waals surface area contributed by atoms with Crippen LogP contribution in [0.15, 0.2) is 54.6 Å². The predicted octanol–water partition coefficient (Wildman–Crippen LogP) is 4.45. The van der Waals surface area contributed by atoms with Crippen molar-refractivity contribution in [3.63, 3.8) is 0 Å². The third kappa shape index (κ3) is 3.77. The standard InChI is InChI=1S/C20H24ClNO/c21-19-12-5-4-11-18(19)20(23,17-9-2-1-3-10-17)13-8-16-22-14-6-7-15-22/h1-5,9-12,23H,6-8,13-16H2. The van der Waals surface area contributed by atoms with Crippen molar-refractivity contribution < 1.29 is 5.11 Å². The maximum atomic E-state index is 11.5. The van der Waals surface area contributed by atoms with E-state index in [2.05, 4.69) is 4.90 Å². The van der Waals surface area contributed by atoms with Gasteiger partial charge in [-0.1, -0.05) is 60.1 Å². The number of benzene rings is 2. The Kier molecular flexibility index (Phi) is 5.37. The van der Waals surface area contributed by atoms with Crippen molar-refractivity contribution in [1.29, 1.82) is 0 Å². The topological polar surface area (TPSA) is 23.5 Å². The minimum atomic E-state index is -1.03. The average molecular weight is 330 g/mol. The van der Waals surface area contributed by atoms with Crippen molar-refractivity contribution in [3.05, 3.63) is 70.7 Å². The molecule has 2 aromatic carbocycles. The molecule has 0 amide bonds. The Hall–Kier alpha value is -1.35. The van der Waals surface area contributed by atoms with E-state index >= 15 is 0 Å². The van der Waals surface area contributed by atoms with E-state index in [1.165, 1.54) is 25.9 Å². The zero-order chi connectivity index (χ0) is 16.1. The predicted molar refractivity (Wildman–Crippen MR) is 95.8 cm³/mol. The van der Waals surface area contributed by atoms with Crippen LogP contribution in [0.2, 0.25) is 5.02 Å². The summed E-state index contributed by atoms with van der Waals surface area (Å²) in [6.07, 6.45) is 4.23. The van der Waals surface area contributed by atoms with Crippen molar-refractivity contribution in [3.8, 4) is 0 Å². The van der Waals surface area contributed by atoms with Gasteiger partial charge in [0.15, 0.2) is 0 Å². The van der Waals surface area contributed by atoms with E-state index in [4.69, 9.17) is 11.6 Å². The second-order valence-corrected chi connectivity index (χ2v) is 6.77. The molecule has 2 aromatic rings. The Morgan fingerprint density at radius 3 is 2.30 bits per heavy atom. The fourth-order valence-corrected chi connectivity index (χ4v) is 3.80. The molecule has 1 unspecified atom stereocenters. The molecule has 2 nitrogen and oxygen atoms in total. The first kappa shape index (κ1) is 16.5. The SMILES string of the molecule is OC(CCCN1CCCC1)(c1ccccc1)c1ccccc1Cl. The molecule has 1 saturated heterocycles. The maximum Gasteiger partial charge on any atom is 0.116 e. The van der Waals surface area contributed by atoms with E-state index in [0.29, 0.717) is 11.4 Å². The first-order valence-electron chi connectivity index (χ1n) is 8.45. The second-order valence-electron chi connectivity index (χ2n) is 6.36. The lowest BCUT2D eigenvalue weighted by atomic mass is 9.82. The molecule has 0 saturated carbocycles. The molecule has 0 spiro atoms. The Balaban J connectivity index is 1.83. The molecule has 0 aliphatic carbocycles. The third-order valence-corrected chi connectivity index (χ3v) is 5.11. The summed E-state index contributed by atoms with van der Waals surface area (Å²) in [4.78, 5) is 2.48. The highest BCUT2D eigenvalue weighted by molar-refractivity contribution is 6.31. The summed E-state index contributed by atoms with van der Waals surface area (Å²) in [5, 5.41) is 12.1. The van der Waals surface area contributed by atoms with Crippen molar-refractivity contribution in [2.45, 2.75) is 31.3 Å². The monoisotopic (exact) mass is 329 g/mol. The molecule has 0 bridgehead atoms. The highest BCUT2D eigenvalue weighted by Crippen LogP contribution is 2.38. The molecule has 1 atom stereocenters. The number of hydrogen-bond acceptors (Lipinski definition) is 2. The minimum absolute atomic E-state index is 0.625. The van der Waals surface area contributed by atoms with Gasteiger partial charge in [-0.3, -0.25) is 0 Å². The lowest BCUT2D eigenvalue weighted by molar-refractivity contribution is 0.0658. The van der Waals surface area contributed by atoms with Crippen LogP contribution in [0.3, 0.4) is 0 Å². The third-order valence-electron chi connectivity index (χ3n) is 4.78. The molecule has 23 heavy (non-hydrogen) atoms. The Labute approximate surface area is 143 Å². The summed E-state index contributed by atoms with van der Waals surface area (Å²) in [5.41, 5.74) is 0.683. The summed E-state index contributed by atoms with van der Waals surface area (Å²) in [5.74, 6) is 0. The highest BCUT2D eigenvalue weighted by atomic mass is 35.5. The molecule has 1 fully saturated rings. The molecule has 1 aliphatic heterocycles. The van der Waals surface area contributed by atoms with E-state index in [0.717, 1.165) is 24.1 Å². The normalized spacial score (nSPS) is 18.0. The van der Waals surface area contributed by atoms with E-state index in [1.54, 1.807) is 0 Å². The summed E-state index contributed by atoms with van der Waals surface area (Å²) >= 11 is 6.39. The largest absolute Gasteiger partial charge is 0.380 e. The van der Waals surface area contributed by atoms with Crippen LogP contribution in [0, 0.1) is 0 Å². The molecule has 1 aliphatic rings. The number of nitrogens with zero attached hydrogens (tertiary/aromatic N) is 1. The maximum absolute atomic E-state index is 11.5. The Morgan fingerprint density at radius 2 is 1.61 bits per heavy atom. The Morgan fingerprint density at radius 1 is 0.957 bits per heavy atom. The van der Waals surface area contributed by atoms with Crippen LogP contribution in [0.5, 0.6) is 0 Å². The van der Waals surface area contributed by atoms with Crippen LogP contribution in [0.1, 0.15) is 36.8 Å². The van der Waals surface area contributed by atoms with Crippen LogP contribution >= 0.6 is 11.6 Å².